The van der Waals surface area contributed by atoms with E-state index >= 15 is 0 Å². The summed E-state index contributed by atoms with van der Waals surface area (Å²) in [5, 5.41) is 17.1. The Labute approximate surface area is 159 Å². The van der Waals surface area contributed by atoms with E-state index in [4.69, 9.17) is 0 Å². The second-order valence-corrected chi connectivity index (χ2v) is 8.03. The van der Waals surface area contributed by atoms with Crippen LogP contribution < -0.4 is 0 Å². The summed E-state index contributed by atoms with van der Waals surface area (Å²) in [6.45, 7) is 3.50. The van der Waals surface area contributed by atoms with E-state index in [1.807, 2.05) is 28.8 Å². The van der Waals surface area contributed by atoms with Gasteiger partial charge in [-0.3, -0.25) is 14.4 Å². The number of nitrogens with zero attached hydrogens (tertiary/aromatic N) is 8. The van der Waals surface area contributed by atoms with Crippen LogP contribution in [0.15, 0.2) is 12.3 Å². The number of rotatable bonds is 5. The monoisotopic (exact) mass is 372 g/mol. The molecule has 1 unspecified atom stereocenters. The molecule has 2 aromatic rings. The number of likely N-dealkylation sites (N-methyl/N-ethyl adjacent to an activating group) is 1. The molecule has 0 N–H and O–H groups in total. The van der Waals surface area contributed by atoms with Gasteiger partial charge in [0.1, 0.15) is 12.1 Å². The van der Waals surface area contributed by atoms with Crippen LogP contribution in [-0.4, -0.2) is 72.9 Å². The zero-order chi connectivity index (χ0) is 19.0. The minimum absolute atomic E-state index is 0.0849. The maximum atomic E-state index is 12.8. The number of tetrazole rings is 1. The van der Waals surface area contributed by atoms with Gasteiger partial charge in [0.15, 0.2) is 5.82 Å². The third kappa shape index (κ3) is 3.24. The standard InChI is InChI=1S/C18H28N8O/c1-14-8-10-25(20-14)12-16(27)24-11-9-18(13-24,23(2)3)17-19-21-22-26(17)15-6-4-5-7-15/h8,10,15H,4-7,9,11-13H2,1-3H3. The van der Waals surface area contributed by atoms with Crippen molar-refractivity contribution in [3.63, 3.8) is 0 Å². The highest BCUT2D eigenvalue weighted by atomic mass is 16.2. The van der Waals surface area contributed by atoms with Gasteiger partial charge in [-0.05, 0) is 56.8 Å². The lowest BCUT2D eigenvalue weighted by atomic mass is 9.95. The molecule has 27 heavy (non-hydrogen) atoms. The van der Waals surface area contributed by atoms with Crippen LogP contribution in [0.5, 0.6) is 0 Å². The van der Waals surface area contributed by atoms with E-state index in [9.17, 15) is 4.79 Å². The Morgan fingerprint density at radius 2 is 2.11 bits per heavy atom. The Morgan fingerprint density at radius 3 is 2.78 bits per heavy atom. The molecule has 0 spiro atoms. The molecule has 146 valence electrons. The molecule has 2 fully saturated rings. The van der Waals surface area contributed by atoms with Gasteiger partial charge in [-0.15, -0.1) is 5.10 Å². The number of amides is 1. The van der Waals surface area contributed by atoms with Crippen LogP contribution in [0.1, 0.15) is 49.7 Å². The molecule has 9 heteroatoms. The first-order valence-electron chi connectivity index (χ1n) is 9.73. The molecule has 2 aliphatic rings. The fraction of sp³-hybridized carbons (Fsp3) is 0.722. The molecule has 2 aromatic heterocycles. The summed E-state index contributed by atoms with van der Waals surface area (Å²) < 4.78 is 3.73. The number of carbonyl (C=O) groups excluding carboxylic acids is 1. The molecule has 0 radical (unpaired) electrons. The average molecular weight is 372 g/mol. The van der Waals surface area contributed by atoms with Crippen molar-refractivity contribution in [2.45, 2.75) is 57.2 Å². The quantitative estimate of drug-likeness (QED) is 0.778. The molecule has 1 saturated carbocycles. The molecule has 1 aliphatic heterocycles. The minimum Gasteiger partial charge on any atom is -0.339 e. The number of hydrogen-bond donors (Lipinski definition) is 0. The van der Waals surface area contributed by atoms with Crippen molar-refractivity contribution in [2.75, 3.05) is 27.2 Å². The second-order valence-electron chi connectivity index (χ2n) is 8.03. The van der Waals surface area contributed by atoms with Crippen molar-refractivity contribution in [3.05, 3.63) is 23.8 Å². The molecule has 1 atom stereocenters. The van der Waals surface area contributed by atoms with Crippen molar-refractivity contribution in [3.8, 4) is 0 Å². The first kappa shape index (κ1) is 18.1. The van der Waals surface area contributed by atoms with Crippen LogP contribution in [0, 0.1) is 6.92 Å². The third-order valence-corrected chi connectivity index (χ3v) is 6.11. The maximum Gasteiger partial charge on any atom is 0.244 e. The van der Waals surface area contributed by atoms with Crippen molar-refractivity contribution < 1.29 is 4.79 Å². The normalized spacial score (nSPS) is 23.6. The number of likely N-dealkylation sites (tertiary alicyclic amines) is 1. The van der Waals surface area contributed by atoms with E-state index in [0.717, 1.165) is 30.8 Å². The van der Waals surface area contributed by atoms with Crippen molar-refractivity contribution in [1.29, 1.82) is 0 Å². The van der Waals surface area contributed by atoms with Crippen molar-refractivity contribution in [2.24, 2.45) is 0 Å². The smallest absolute Gasteiger partial charge is 0.244 e. The first-order chi connectivity index (χ1) is 13.0. The SMILES string of the molecule is Cc1ccn(CC(=O)N2CCC(c3nnnn3C3CCCC3)(N(C)C)C2)n1. The zero-order valence-corrected chi connectivity index (χ0v) is 16.4. The third-order valence-electron chi connectivity index (χ3n) is 6.11. The van der Waals surface area contributed by atoms with E-state index in [-0.39, 0.29) is 18.0 Å². The largest absolute Gasteiger partial charge is 0.339 e. The fourth-order valence-electron chi connectivity index (χ4n) is 4.44. The molecule has 1 aliphatic carbocycles. The summed E-state index contributed by atoms with van der Waals surface area (Å²) >= 11 is 0. The lowest BCUT2D eigenvalue weighted by Crippen LogP contribution is -2.47. The van der Waals surface area contributed by atoms with E-state index in [2.05, 4.69) is 39.6 Å². The Hall–Kier alpha value is -2.29. The van der Waals surface area contributed by atoms with Gasteiger partial charge in [0, 0.05) is 19.3 Å². The van der Waals surface area contributed by atoms with Gasteiger partial charge in [-0.25, -0.2) is 4.68 Å². The van der Waals surface area contributed by atoms with Gasteiger partial charge in [0.2, 0.25) is 5.91 Å². The summed E-state index contributed by atoms with van der Waals surface area (Å²) in [4.78, 5) is 16.9. The Morgan fingerprint density at radius 1 is 1.33 bits per heavy atom. The predicted octanol–water partition coefficient (Wildman–Crippen LogP) is 0.983. The topological polar surface area (TPSA) is 85.0 Å². The van der Waals surface area contributed by atoms with Crippen LogP contribution >= 0.6 is 0 Å². The summed E-state index contributed by atoms with van der Waals surface area (Å²) in [5.41, 5.74) is 0.574. The van der Waals surface area contributed by atoms with E-state index in [0.29, 0.717) is 19.1 Å². The molecule has 1 amide bonds. The predicted molar refractivity (Wildman–Crippen MR) is 98.8 cm³/mol. The fourth-order valence-corrected chi connectivity index (χ4v) is 4.44. The lowest BCUT2D eigenvalue weighted by molar-refractivity contribution is -0.131. The Bertz CT molecular complexity index is 806. The maximum absolute atomic E-state index is 12.8. The lowest BCUT2D eigenvalue weighted by Gasteiger charge is -2.35. The van der Waals surface area contributed by atoms with Crippen LogP contribution in [0.25, 0.3) is 0 Å². The molecule has 0 aromatic carbocycles. The molecule has 1 saturated heterocycles. The first-order valence-corrected chi connectivity index (χ1v) is 9.73. The minimum atomic E-state index is -0.345. The molecule has 3 heterocycles. The van der Waals surface area contributed by atoms with Crippen LogP contribution in [0.4, 0.5) is 0 Å². The van der Waals surface area contributed by atoms with Crippen molar-refractivity contribution in [1.82, 2.24) is 39.8 Å². The molecular formula is C18H28N8O. The molecular weight excluding hydrogens is 344 g/mol. The van der Waals surface area contributed by atoms with E-state index in [1.165, 1.54) is 12.8 Å². The number of aromatic nitrogens is 6. The van der Waals surface area contributed by atoms with Gasteiger partial charge < -0.3 is 4.90 Å². The highest BCUT2D eigenvalue weighted by Gasteiger charge is 2.47. The average Bonchev–Trinajstić information content (AvgIpc) is 3.41. The Kier molecular flexibility index (Phi) is 4.71. The summed E-state index contributed by atoms with van der Waals surface area (Å²) in [6, 6.07) is 2.29. The molecule has 9 nitrogen and oxygen atoms in total. The molecule has 0 bridgehead atoms. The zero-order valence-electron chi connectivity index (χ0n) is 16.4. The van der Waals surface area contributed by atoms with E-state index < -0.39 is 0 Å². The Balaban J connectivity index is 1.55. The highest BCUT2D eigenvalue weighted by molar-refractivity contribution is 5.76. The summed E-state index contributed by atoms with van der Waals surface area (Å²) in [7, 11) is 4.11. The summed E-state index contributed by atoms with van der Waals surface area (Å²) in [5.74, 6) is 0.978. The van der Waals surface area contributed by atoms with Gasteiger partial charge in [0.05, 0.1) is 11.7 Å². The second kappa shape index (κ2) is 7.03. The molecule has 4 rings (SSSR count). The number of aryl methyl sites for hydroxylation is 1. The van der Waals surface area contributed by atoms with Crippen LogP contribution in [0.2, 0.25) is 0 Å². The van der Waals surface area contributed by atoms with Crippen molar-refractivity contribution >= 4 is 5.91 Å². The van der Waals surface area contributed by atoms with Gasteiger partial charge in [-0.2, -0.15) is 5.10 Å². The van der Waals surface area contributed by atoms with Gasteiger partial charge in [-0.1, -0.05) is 12.8 Å². The van der Waals surface area contributed by atoms with Crippen LogP contribution in [0.3, 0.4) is 0 Å². The highest BCUT2D eigenvalue weighted by Crippen LogP contribution is 2.38. The summed E-state index contributed by atoms with van der Waals surface area (Å²) in [6.07, 6.45) is 7.39. The van der Waals surface area contributed by atoms with E-state index in [1.54, 1.807) is 4.68 Å². The van der Waals surface area contributed by atoms with Gasteiger partial charge in [0.25, 0.3) is 0 Å². The number of carbonyl (C=O) groups is 1. The van der Waals surface area contributed by atoms with Crippen LogP contribution in [-0.2, 0) is 16.9 Å². The number of hydrogen-bond acceptors (Lipinski definition) is 6. The van der Waals surface area contributed by atoms with Gasteiger partial charge >= 0.3 is 0 Å².